The van der Waals surface area contributed by atoms with Crippen molar-refractivity contribution in [2.24, 2.45) is 0 Å². The van der Waals surface area contributed by atoms with E-state index in [4.69, 9.17) is 14.6 Å². The van der Waals surface area contributed by atoms with Crippen molar-refractivity contribution in [1.29, 1.82) is 0 Å². The van der Waals surface area contributed by atoms with Gasteiger partial charge in [0.05, 0.1) is 28.2 Å². The van der Waals surface area contributed by atoms with Gasteiger partial charge in [-0.05, 0) is 74.0 Å². The Bertz CT molecular complexity index is 1630. The summed E-state index contributed by atoms with van der Waals surface area (Å²) >= 11 is 0. The predicted molar refractivity (Wildman–Crippen MR) is 132 cm³/mol. The van der Waals surface area contributed by atoms with Gasteiger partial charge in [-0.3, -0.25) is 4.79 Å². The van der Waals surface area contributed by atoms with Gasteiger partial charge in [0.15, 0.2) is 21.3 Å². The van der Waals surface area contributed by atoms with Crippen molar-refractivity contribution in [3.63, 3.8) is 0 Å². The number of rotatable bonds is 4. The highest BCUT2D eigenvalue weighted by molar-refractivity contribution is 7.91. The first-order chi connectivity index (χ1) is 17.2. The lowest BCUT2D eigenvalue weighted by molar-refractivity contribution is 0.0915. The maximum atomic E-state index is 13.6. The Hall–Kier alpha value is -3.92. The van der Waals surface area contributed by atoms with Gasteiger partial charge in [0, 0.05) is 16.5 Å². The van der Waals surface area contributed by atoms with Crippen LogP contribution in [0.3, 0.4) is 0 Å². The average Bonchev–Trinajstić information content (AvgIpc) is 3.53. The first-order valence-corrected chi connectivity index (χ1v) is 13.2. The third kappa shape index (κ3) is 3.97. The van der Waals surface area contributed by atoms with Crippen LogP contribution in [0.2, 0.25) is 0 Å². The monoisotopic (exact) mass is 507 g/mol. The summed E-state index contributed by atoms with van der Waals surface area (Å²) < 4.78 is 50.1. The van der Waals surface area contributed by atoms with Crippen LogP contribution in [0.15, 0.2) is 60.7 Å². The van der Waals surface area contributed by atoms with Gasteiger partial charge >= 0.3 is 0 Å². The third-order valence-corrected chi connectivity index (χ3v) is 8.48. The minimum absolute atomic E-state index is 0.0546. The largest absolute Gasteiger partial charge is 0.454 e. The molecule has 1 fully saturated rings. The molecule has 3 aromatic carbocycles. The van der Waals surface area contributed by atoms with Gasteiger partial charge in [-0.1, -0.05) is 0 Å². The molecule has 10 heteroatoms. The molecular formula is C26H22FN3O5S. The lowest BCUT2D eigenvalue weighted by atomic mass is 10.0. The number of hydrogen-bond acceptors (Lipinski definition) is 6. The summed E-state index contributed by atoms with van der Waals surface area (Å²) in [6, 6.07) is 16.7. The number of ether oxygens (including phenoxy) is 2. The van der Waals surface area contributed by atoms with Crippen LogP contribution < -0.4 is 14.8 Å². The molecule has 0 spiro atoms. The Morgan fingerprint density at radius 1 is 1.06 bits per heavy atom. The van der Waals surface area contributed by atoms with Gasteiger partial charge < -0.3 is 14.8 Å². The molecule has 6 rings (SSSR count). The van der Waals surface area contributed by atoms with Gasteiger partial charge in [0.2, 0.25) is 6.79 Å². The molecule has 0 aliphatic carbocycles. The van der Waals surface area contributed by atoms with Crippen molar-refractivity contribution in [3.05, 3.63) is 72.0 Å². The maximum absolute atomic E-state index is 13.6. The van der Waals surface area contributed by atoms with E-state index in [1.807, 2.05) is 24.3 Å². The number of benzene rings is 3. The number of carbonyl (C=O) groups excluding carboxylic acids is 1. The van der Waals surface area contributed by atoms with E-state index in [0.717, 1.165) is 10.9 Å². The molecule has 36 heavy (non-hydrogen) atoms. The number of carbonyl (C=O) groups is 1. The number of aromatic nitrogens is 2. The number of amides is 1. The lowest BCUT2D eigenvalue weighted by Crippen LogP contribution is -2.46. The first-order valence-electron chi connectivity index (χ1n) is 11.4. The molecule has 1 atom stereocenters. The molecule has 4 aromatic rings. The van der Waals surface area contributed by atoms with E-state index in [1.165, 1.54) is 12.1 Å². The average molecular weight is 508 g/mol. The second-order valence-corrected chi connectivity index (χ2v) is 11.6. The minimum atomic E-state index is -3.17. The van der Waals surface area contributed by atoms with Crippen LogP contribution in [0.1, 0.15) is 23.7 Å². The fourth-order valence-corrected chi connectivity index (χ4v) is 6.84. The summed E-state index contributed by atoms with van der Waals surface area (Å²) in [6.07, 6.45) is 0.366. The number of hydrogen-bond donors (Lipinski definition) is 1. The molecule has 1 saturated heterocycles. The number of nitrogens with zero attached hydrogens (tertiary/aromatic N) is 2. The zero-order chi connectivity index (χ0) is 25.1. The van der Waals surface area contributed by atoms with Crippen molar-refractivity contribution in [2.75, 3.05) is 18.3 Å². The summed E-state index contributed by atoms with van der Waals surface area (Å²) in [5, 5.41) is 8.49. The molecule has 3 heterocycles. The fraction of sp³-hybridized carbons (Fsp3) is 0.231. The summed E-state index contributed by atoms with van der Waals surface area (Å²) in [6.45, 7) is 1.90. The van der Waals surface area contributed by atoms with Gasteiger partial charge in [-0.25, -0.2) is 17.5 Å². The second kappa shape index (κ2) is 8.06. The Kier molecular flexibility index (Phi) is 5.04. The van der Waals surface area contributed by atoms with Crippen molar-refractivity contribution < 1.29 is 27.1 Å². The Morgan fingerprint density at radius 3 is 2.58 bits per heavy atom. The van der Waals surface area contributed by atoms with E-state index >= 15 is 0 Å². The Balaban J connectivity index is 1.44. The van der Waals surface area contributed by atoms with Crippen LogP contribution in [0.25, 0.3) is 27.8 Å². The lowest BCUT2D eigenvalue weighted by Gasteiger charge is -2.23. The summed E-state index contributed by atoms with van der Waals surface area (Å²) in [7, 11) is -3.17. The van der Waals surface area contributed by atoms with E-state index < -0.39 is 15.4 Å². The minimum Gasteiger partial charge on any atom is -0.454 e. The summed E-state index contributed by atoms with van der Waals surface area (Å²) in [5.74, 6) is 0.503. The summed E-state index contributed by atoms with van der Waals surface area (Å²) in [4.78, 5) is 13.1. The maximum Gasteiger partial charge on any atom is 0.251 e. The first kappa shape index (κ1) is 22.5. The van der Waals surface area contributed by atoms with E-state index in [2.05, 4.69) is 5.32 Å². The van der Waals surface area contributed by atoms with E-state index in [1.54, 1.807) is 35.9 Å². The molecule has 1 N–H and O–H groups in total. The van der Waals surface area contributed by atoms with Crippen molar-refractivity contribution in [2.45, 2.75) is 18.9 Å². The predicted octanol–water partition coefficient (Wildman–Crippen LogP) is 3.87. The molecule has 1 unspecified atom stereocenters. The third-order valence-electron chi connectivity index (χ3n) is 6.58. The van der Waals surface area contributed by atoms with E-state index in [-0.39, 0.29) is 30.0 Å². The smallest absolute Gasteiger partial charge is 0.251 e. The molecule has 0 saturated carbocycles. The Labute approximate surface area is 206 Å². The second-order valence-electron chi connectivity index (χ2n) is 9.39. The fourth-order valence-electron chi connectivity index (χ4n) is 4.75. The van der Waals surface area contributed by atoms with Crippen molar-refractivity contribution in [1.82, 2.24) is 15.1 Å². The molecule has 184 valence electrons. The highest BCUT2D eigenvalue weighted by atomic mass is 32.2. The summed E-state index contributed by atoms with van der Waals surface area (Å²) in [5.41, 5.74) is 2.28. The zero-order valence-electron chi connectivity index (χ0n) is 19.3. The highest BCUT2D eigenvalue weighted by Crippen LogP contribution is 2.38. The number of nitrogens with one attached hydrogen (secondary N) is 1. The molecule has 2 aliphatic rings. The molecule has 1 aromatic heterocycles. The SMILES string of the molecule is CC1(NC(=O)c2ccc3c(-c4ccc5c(c4)OCO5)nn(-c4ccc(F)cc4)c3c2)CCS(=O)(=O)C1. The van der Waals surface area contributed by atoms with Gasteiger partial charge in [0.25, 0.3) is 5.91 Å². The molecule has 0 radical (unpaired) electrons. The van der Waals surface area contributed by atoms with Gasteiger partial charge in [-0.2, -0.15) is 5.10 Å². The van der Waals surface area contributed by atoms with E-state index in [0.29, 0.717) is 40.4 Å². The van der Waals surface area contributed by atoms with Gasteiger partial charge in [0.1, 0.15) is 11.5 Å². The highest BCUT2D eigenvalue weighted by Gasteiger charge is 2.39. The van der Waals surface area contributed by atoms with Crippen LogP contribution >= 0.6 is 0 Å². The van der Waals surface area contributed by atoms with Crippen LogP contribution in [0, 0.1) is 5.82 Å². The quantitative estimate of drug-likeness (QED) is 0.450. The number of fused-ring (bicyclic) bond motifs is 2. The zero-order valence-corrected chi connectivity index (χ0v) is 20.1. The Morgan fingerprint density at radius 2 is 1.83 bits per heavy atom. The van der Waals surface area contributed by atoms with Gasteiger partial charge in [-0.15, -0.1) is 0 Å². The molecule has 1 amide bonds. The van der Waals surface area contributed by atoms with E-state index in [9.17, 15) is 17.6 Å². The normalized spacial score (nSPS) is 20.1. The number of sulfone groups is 1. The number of halogens is 1. The standard InChI is InChI=1S/C26H22FN3O5S/c1-26(10-11-36(32,33)14-26)28-25(31)17-2-8-20-21(12-17)30(19-6-4-18(27)5-7-19)29-24(20)16-3-9-22-23(13-16)35-15-34-22/h2-9,12-13H,10-11,14-15H2,1H3,(H,28,31). The molecule has 2 aliphatic heterocycles. The van der Waals surface area contributed by atoms with Crippen LogP contribution in [0.5, 0.6) is 11.5 Å². The van der Waals surface area contributed by atoms with Crippen LogP contribution in [-0.4, -0.2) is 47.9 Å². The molecular weight excluding hydrogens is 485 g/mol. The topological polar surface area (TPSA) is 99.5 Å². The molecule has 0 bridgehead atoms. The van der Waals surface area contributed by atoms with Crippen LogP contribution in [0.4, 0.5) is 4.39 Å². The van der Waals surface area contributed by atoms with Crippen molar-refractivity contribution in [3.8, 4) is 28.4 Å². The van der Waals surface area contributed by atoms with Crippen molar-refractivity contribution >= 4 is 26.6 Å². The van der Waals surface area contributed by atoms with Crippen LogP contribution in [-0.2, 0) is 9.84 Å². The molecule has 8 nitrogen and oxygen atoms in total.